The van der Waals surface area contributed by atoms with E-state index in [0.717, 1.165) is 11.6 Å². The number of rotatable bonds is 6. The first-order chi connectivity index (χ1) is 14.7. The second kappa shape index (κ2) is 11.1. The molecule has 10 heteroatoms. The first kappa shape index (κ1) is 23.9. The van der Waals surface area contributed by atoms with Crippen molar-refractivity contribution in [1.29, 1.82) is 5.41 Å². The number of amides is 1. The van der Waals surface area contributed by atoms with Crippen molar-refractivity contribution in [2.45, 2.75) is 13.3 Å². The van der Waals surface area contributed by atoms with Gasteiger partial charge in [0.2, 0.25) is 5.91 Å². The molecule has 2 heterocycles. The molecule has 0 radical (unpaired) electrons. The number of nitrogens with one attached hydrogen (secondary N) is 2. The van der Waals surface area contributed by atoms with Gasteiger partial charge in [-0.25, -0.2) is 23.7 Å². The Labute approximate surface area is 182 Å². The van der Waals surface area contributed by atoms with Crippen LogP contribution in [0.25, 0.3) is 28.7 Å². The smallest absolute Gasteiger partial charge is 0.279 e. The summed E-state index contributed by atoms with van der Waals surface area (Å²) >= 11 is 1.75. The number of allylic oxidation sites excluding steroid dienone is 1. The second-order valence-corrected chi connectivity index (χ2v) is 7.24. The highest BCUT2D eigenvalue weighted by Crippen LogP contribution is 2.24. The SMILES string of the molecule is CSC.Cc1cc(C(N)=O)cc(-c2cc(-c3cnc(/C=C\C(=N)C(F)F)[nH]3)ncn2)c1. The third-order valence-corrected chi connectivity index (χ3v) is 3.85. The van der Waals surface area contributed by atoms with Crippen molar-refractivity contribution < 1.29 is 13.6 Å². The van der Waals surface area contributed by atoms with Crippen LogP contribution in [0.2, 0.25) is 0 Å². The van der Waals surface area contributed by atoms with E-state index < -0.39 is 18.0 Å². The molecule has 0 bridgehead atoms. The van der Waals surface area contributed by atoms with Gasteiger partial charge in [0.1, 0.15) is 12.2 Å². The Hall–Kier alpha value is -3.40. The van der Waals surface area contributed by atoms with E-state index in [9.17, 15) is 13.6 Å². The molecule has 3 aromatic rings. The number of carbonyl (C=O) groups excluding carboxylic acids is 1. The summed E-state index contributed by atoms with van der Waals surface area (Å²) in [4.78, 5) is 26.9. The van der Waals surface area contributed by atoms with E-state index in [1.807, 2.05) is 25.5 Å². The highest BCUT2D eigenvalue weighted by molar-refractivity contribution is 7.97. The topological polar surface area (TPSA) is 121 Å². The maximum absolute atomic E-state index is 12.4. The maximum atomic E-state index is 12.4. The van der Waals surface area contributed by atoms with E-state index in [1.54, 1.807) is 30.0 Å². The zero-order valence-corrected chi connectivity index (χ0v) is 18.0. The maximum Gasteiger partial charge on any atom is 0.279 e. The Balaban J connectivity index is 0.00000107. The zero-order valence-electron chi connectivity index (χ0n) is 17.2. The number of imidazole rings is 1. The number of benzene rings is 1. The Morgan fingerprint density at radius 2 is 1.84 bits per heavy atom. The van der Waals surface area contributed by atoms with Crippen LogP contribution >= 0.6 is 11.8 Å². The summed E-state index contributed by atoms with van der Waals surface area (Å²) in [5, 5.41) is 7.12. The molecule has 0 aliphatic rings. The quantitative estimate of drug-likeness (QED) is 0.492. The molecular formula is C21H22F2N6OS. The molecule has 162 valence electrons. The predicted molar refractivity (Wildman–Crippen MR) is 121 cm³/mol. The molecule has 0 unspecified atom stereocenters. The van der Waals surface area contributed by atoms with Crippen LogP contribution in [0, 0.1) is 12.3 Å². The monoisotopic (exact) mass is 444 g/mol. The van der Waals surface area contributed by atoms with Crippen LogP contribution in [0.5, 0.6) is 0 Å². The molecule has 0 aliphatic heterocycles. The van der Waals surface area contributed by atoms with Crippen LogP contribution in [0.1, 0.15) is 21.7 Å². The van der Waals surface area contributed by atoms with Crippen LogP contribution in [-0.4, -0.2) is 50.5 Å². The minimum absolute atomic E-state index is 0.312. The van der Waals surface area contributed by atoms with Gasteiger partial charge in [0.15, 0.2) is 0 Å². The number of hydrogen-bond acceptors (Lipinski definition) is 6. The van der Waals surface area contributed by atoms with Crippen molar-refractivity contribution >= 4 is 29.5 Å². The Morgan fingerprint density at radius 1 is 1.16 bits per heavy atom. The lowest BCUT2D eigenvalue weighted by atomic mass is 10.0. The first-order valence-electron chi connectivity index (χ1n) is 8.99. The number of alkyl halides is 2. The molecular weight excluding hydrogens is 422 g/mol. The van der Waals surface area contributed by atoms with E-state index in [4.69, 9.17) is 11.1 Å². The average Bonchev–Trinajstić information content (AvgIpc) is 3.21. The van der Waals surface area contributed by atoms with Gasteiger partial charge >= 0.3 is 0 Å². The summed E-state index contributed by atoms with van der Waals surface area (Å²) in [5.41, 5.74) is 8.19. The van der Waals surface area contributed by atoms with E-state index in [1.165, 1.54) is 18.6 Å². The number of hydrogen-bond donors (Lipinski definition) is 3. The van der Waals surface area contributed by atoms with E-state index >= 15 is 0 Å². The third kappa shape index (κ3) is 6.82. The van der Waals surface area contributed by atoms with Gasteiger partial charge in [0.25, 0.3) is 6.43 Å². The van der Waals surface area contributed by atoms with Gasteiger partial charge in [-0.2, -0.15) is 11.8 Å². The number of aryl methyl sites for hydroxylation is 1. The van der Waals surface area contributed by atoms with Crippen LogP contribution < -0.4 is 5.73 Å². The molecule has 0 fully saturated rings. The van der Waals surface area contributed by atoms with E-state index in [2.05, 4.69) is 19.9 Å². The molecule has 4 N–H and O–H groups in total. The second-order valence-electron chi connectivity index (χ2n) is 6.42. The molecule has 1 aromatic carbocycles. The van der Waals surface area contributed by atoms with Crippen molar-refractivity contribution in [3.63, 3.8) is 0 Å². The number of aromatic amines is 1. The van der Waals surface area contributed by atoms with Crippen molar-refractivity contribution in [2.24, 2.45) is 5.73 Å². The Bertz CT molecular complexity index is 1100. The number of carbonyl (C=O) groups is 1. The number of thioether (sulfide) groups is 1. The fourth-order valence-electron chi connectivity index (χ4n) is 2.53. The molecule has 0 atom stereocenters. The van der Waals surface area contributed by atoms with Crippen LogP contribution in [-0.2, 0) is 0 Å². The number of nitrogens with two attached hydrogens (primary N) is 1. The van der Waals surface area contributed by atoms with Crippen LogP contribution in [0.4, 0.5) is 8.78 Å². The number of aromatic nitrogens is 4. The van der Waals surface area contributed by atoms with E-state index in [-0.39, 0.29) is 0 Å². The largest absolute Gasteiger partial charge is 0.366 e. The lowest BCUT2D eigenvalue weighted by Crippen LogP contribution is -2.11. The average molecular weight is 445 g/mol. The number of halogens is 2. The number of H-pyrrole nitrogens is 1. The number of nitrogens with zero attached hydrogens (tertiary/aromatic N) is 3. The highest BCUT2D eigenvalue weighted by Gasteiger charge is 2.10. The van der Waals surface area contributed by atoms with Gasteiger partial charge in [0.05, 0.1) is 29.0 Å². The highest BCUT2D eigenvalue weighted by atomic mass is 32.2. The Morgan fingerprint density at radius 3 is 2.48 bits per heavy atom. The van der Waals surface area contributed by atoms with Crippen molar-refractivity contribution in [3.8, 4) is 22.6 Å². The molecule has 0 aliphatic carbocycles. The van der Waals surface area contributed by atoms with Gasteiger partial charge in [0, 0.05) is 11.1 Å². The summed E-state index contributed by atoms with van der Waals surface area (Å²) in [6, 6.07) is 6.92. The van der Waals surface area contributed by atoms with Gasteiger partial charge < -0.3 is 10.7 Å². The normalized spacial score (nSPS) is 10.8. The van der Waals surface area contributed by atoms with Gasteiger partial charge in [-0.15, -0.1) is 0 Å². The van der Waals surface area contributed by atoms with Crippen molar-refractivity contribution in [1.82, 2.24) is 19.9 Å². The van der Waals surface area contributed by atoms with Gasteiger partial charge in [-0.05, 0) is 61.4 Å². The summed E-state index contributed by atoms with van der Waals surface area (Å²) < 4.78 is 24.7. The summed E-state index contributed by atoms with van der Waals surface area (Å²) in [7, 11) is 0. The summed E-state index contributed by atoms with van der Waals surface area (Å²) in [5.74, 6) is -0.217. The summed E-state index contributed by atoms with van der Waals surface area (Å²) in [6.45, 7) is 1.85. The van der Waals surface area contributed by atoms with Crippen molar-refractivity contribution in [3.05, 3.63) is 59.8 Å². The Kier molecular flexibility index (Phi) is 8.56. The molecule has 3 rings (SSSR count). The molecule has 0 saturated heterocycles. The third-order valence-electron chi connectivity index (χ3n) is 3.85. The molecule has 2 aromatic heterocycles. The fraction of sp³-hybridized carbons (Fsp3) is 0.190. The minimum atomic E-state index is -2.84. The predicted octanol–water partition coefficient (Wildman–Crippen LogP) is 4.22. The zero-order chi connectivity index (χ0) is 23.0. The number of primary amides is 1. The fourth-order valence-corrected chi connectivity index (χ4v) is 2.53. The lowest BCUT2D eigenvalue weighted by molar-refractivity contribution is 0.1000. The van der Waals surface area contributed by atoms with Crippen LogP contribution in [0.15, 0.2) is 42.9 Å². The van der Waals surface area contributed by atoms with Gasteiger partial charge in [-0.1, -0.05) is 0 Å². The van der Waals surface area contributed by atoms with E-state index in [0.29, 0.717) is 34.0 Å². The summed E-state index contributed by atoms with van der Waals surface area (Å²) in [6.07, 6.45) is 6.40. The molecule has 7 nitrogen and oxygen atoms in total. The lowest BCUT2D eigenvalue weighted by Gasteiger charge is -2.06. The minimum Gasteiger partial charge on any atom is -0.366 e. The molecule has 0 saturated carbocycles. The van der Waals surface area contributed by atoms with Gasteiger partial charge in [-0.3, -0.25) is 10.2 Å². The van der Waals surface area contributed by atoms with Crippen molar-refractivity contribution in [2.75, 3.05) is 12.5 Å². The molecule has 0 spiro atoms. The first-order valence-corrected chi connectivity index (χ1v) is 10.6. The molecule has 1 amide bonds. The van der Waals surface area contributed by atoms with Crippen LogP contribution in [0.3, 0.4) is 0 Å². The standard InChI is InChI=1S/C19H16F2N6O.C2H6S/c1-10-4-11(6-12(5-10)19(23)28)14-7-15(26-9-25-14)16-8-24-17(27-16)3-2-13(22)18(20)21;1-3-2/h2-9,18,22H,1H3,(H2,23,28)(H,24,27);1-2H3/b3-2-,22-13?;. The molecule has 31 heavy (non-hydrogen) atoms.